The first kappa shape index (κ1) is 25.4. The number of hydrogen-bond acceptors (Lipinski definition) is 2. The number of nitrogens with one attached hydrogen (secondary N) is 1. The Labute approximate surface area is 228 Å². The number of hydrogen-bond donors (Lipinski definition) is 1. The first-order chi connectivity index (χ1) is 18.5. The molecule has 0 saturated heterocycles. The number of carbonyl (C=O) groups is 1. The van der Waals surface area contributed by atoms with Gasteiger partial charge < -0.3 is 14.6 Å². The number of amides is 1. The minimum Gasteiger partial charge on any atom is -0.488 e. The van der Waals surface area contributed by atoms with Gasteiger partial charge in [0.15, 0.2) is 0 Å². The van der Waals surface area contributed by atoms with Crippen LogP contribution in [-0.2, 0) is 6.61 Å². The number of aryl methyl sites for hydroxylation is 1. The molecule has 0 aliphatic rings. The van der Waals surface area contributed by atoms with Crippen LogP contribution in [0.2, 0.25) is 5.02 Å². The van der Waals surface area contributed by atoms with Crippen LogP contribution in [-0.4, -0.2) is 10.5 Å². The Morgan fingerprint density at radius 3 is 2.26 bits per heavy atom. The van der Waals surface area contributed by atoms with E-state index in [1.807, 2.05) is 110 Å². The second-order valence-electron chi connectivity index (χ2n) is 9.26. The molecule has 0 aliphatic heterocycles. The third kappa shape index (κ3) is 5.66. The van der Waals surface area contributed by atoms with Crippen molar-refractivity contribution >= 4 is 17.5 Å². The van der Waals surface area contributed by atoms with Crippen LogP contribution >= 0.6 is 11.6 Å². The molecule has 1 N–H and O–H groups in total. The van der Waals surface area contributed by atoms with Gasteiger partial charge in [-0.1, -0.05) is 72.3 Å². The standard InChI is InChI=1S/C33H29ClN2O2/c1-23-13-19-31(30-21-28(34)16-20-32(30)38-22-25-9-5-3-6-10-25)36(23)29-17-14-27(15-18-29)33(37)35-24(2)26-11-7-4-8-12-26/h3-21,24H,22H2,1-2H3,(H,35,37). The molecule has 5 aromatic rings. The number of rotatable bonds is 8. The summed E-state index contributed by atoms with van der Waals surface area (Å²) in [7, 11) is 0. The summed E-state index contributed by atoms with van der Waals surface area (Å²) in [6, 6.07) is 37.4. The van der Waals surface area contributed by atoms with Crippen LogP contribution in [0.15, 0.2) is 115 Å². The molecule has 1 heterocycles. The Bertz CT molecular complexity index is 1530. The Morgan fingerprint density at radius 1 is 0.868 bits per heavy atom. The van der Waals surface area contributed by atoms with E-state index in [9.17, 15) is 4.79 Å². The first-order valence-electron chi connectivity index (χ1n) is 12.6. The minimum absolute atomic E-state index is 0.0844. The van der Waals surface area contributed by atoms with Crippen molar-refractivity contribution in [3.63, 3.8) is 0 Å². The van der Waals surface area contributed by atoms with E-state index in [1.165, 1.54) is 0 Å². The Balaban J connectivity index is 1.40. The van der Waals surface area contributed by atoms with Crippen LogP contribution in [0.5, 0.6) is 5.75 Å². The van der Waals surface area contributed by atoms with Crippen molar-refractivity contribution in [3.05, 3.63) is 143 Å². The van der Waals surface area contributed by atoms with E-state index in [0.717, 1.165) is 39.5 Å². The van der Waals surface area contributed by atoms with Crippen LogP contribution in [0.3, 0.4) is 0 Å². The number of halogens is 1. The van der Waals surface area contributed by atoms with E-state index in [-0.39, 0.29) is 11.9 Å². The average molecular weight is 521 g/mol. The smallest absolute Gasteiger partial charge is 0.251 e. The Kier molecular flexibility index (Phi) is 7.62. The highest BCUT2D eigenvalue weighted by Gasteiger charge is 2.16. The maximum Gasteiger partial charge on any atom is 0.251 e. The Hall–Kier alpha value is -4.28. The second-order valence-corrected chi connectivity index (χ2v) is 9.70. The number of carbonyl (C=O) groups excluding carboxylic acids is 1. The number of ether oxygens (including phenoxy) is 1. The lowest BCUT2D eigenvalue weighted by Gasteiger charge is -2.17. The molecule has 0 bridgehead atoms. The number of nitrogens with zero attached hydrogens (tertiary/aromatic N) is 1. The maximum absolute atomic E-state index is 12.9. The third-order valence-corrected chi connectivity index (χ3v) is 6.80. The predicted molar refractivity (Wildman–Crippen MR) is 154 cm³/mol. The van der Waals surface area contributed by atoms with Crippen molar-refractivity contribution in [2.45, 2.75) is 26.5 Å². The van der Waals surface area contributed by atoms with Crippen LogP contribution < -0.4 is 10.1 Å². The fourth-order valence-corrected chi connectivity index (χ4v) is 4.69. The van der Waals surface area contributed by atoms with Crippen LogP contribution in [0.25, 0.3) is 16.9 Å². The van der Waals surface area contributed by atoms with Gasteiger partial charge in [-0.2, -0.15) is 0 Å². The molecule has 5 rings (SSSR count). The second kappa shape index (κ2) is 11.4. The molecule has 0 radical (unpaired) electrons. The molecule has 4 aromatic carbocycles. The summed E-state index contributed by atoms with van der Waals surface area (Å²) in [4.78, 5) is 12.9. The summed E-state index contributed by atoms with van der Waals surface area (Å²) in [5.41, 5.74) is 6.64. The lowest BCUT2D eigenvalue weighted by molar-refractivity contribution is 0.0940. The van der Waals surface area contributed by atoms with Crippen LogP contribution in [0.4, 0.5) is 0 Å². The van der Waals surface area contributed by atoms with Gasteiger partial charge in [0, 0.05) is 27.5 Å². The van der Waals surface area contributed by atoms with Gasteiger partial charge in [-0.15, -0.1) is 0 Å². The molecule has 4 nitrogen and oxygen atoms in total. The summed E-state index contributed by atoms with van der Waals surface area (Å²) >= 11 is 6.42. The topological polar surface area (TPSA) is 43.3 Å². The van der Waals surface area contributed by atoms with E-state index < -0.39 is 0 Å². The molecule has 1 atom stereocenters. The van der Waals surface area contributed by atoms with Gasteiger partial charge in [-0.3, -0.25) is 4.79 Å². The number of aromatic nitrogens is 1. The minimum atomic E-state index is -0.108. The molecule has 0 fully saturated rings. The van der Waals surface area contributed by atoms with Crippen LogP contribution in [0.1, 0.15) is 40.1 Å². The summed E-state index contributed by atoms with van der Waals surface area (Å²) in [6.07, 6.45) is 0. The zero-order chi connectivity index (χ0) is 26.5. The van der Waals surface area contributed by atoms with Gasteiger partial charge in [0.25, 0.3) is 5.91 Å². The monoisotopic (exact) mass is 520 g/mol. The average Bonchev–Trinajstić information content (AvgIpc) is 3.34. The molecule has 1 aromatic heterocycles. The molecule has 1 amide bonds. The molecule has 0 spiro atoms. The molecule has 1 unspecified atom stereocenters. The largest absolute Gasteiger partial charge is 0.488 e. The van der Waals surface area contributed by atoms with E-state index in [0.29, 0.717) is 17.2 Å². The molecular weight excluding hydrogens is 492 g/mol. The van der Waals surface area contributed by atoms with Crippen molar-refractivity contribution in [1.82, 2.24) is 9.88 Å². The van der Waals surface area contributed by atoms with Gasteiger partial charge in [0.1, 0.15) is 12.4 Å². The molecule has 0 saturated carbocycles. The summed E-state index contributed by atoms with van der Waals surface area (Å²) in [5.74, 6) is 0.646. The molecule has 190 valence electrons. The van der Waals surface area contributed by atoms with Crippen molar-refractivity contribution in [3.8, 4) is 22.7 Å². The van der Waals surface area contributed by atoms with E-state index in [1.54, 1.807) is 0 Å². The van der Waals surface area contributed by atoms with Gasteiger partial charge in [0.05, 0.1) is 11.7 Å². The van der Waals surface area contributed by atoms with Crippen molar-refractivity contribution in [2.24, 2.45) is 0 Å². The molecular formula is C33H29ClN2O2. The Morgan fingerprint density at radius 2 is 1.55 bits per heavy atom. The normalized spacial score (nSPS) is 11.7. The van der Waals surface area contributed by atoms with E-state index in [2.05, 4.69) is 28.9 Å². The van der Waals surface area contributed by atoms with Gasteiger partial charge in [-0.25, -0.2) is 0 Å². The summed E-state index contributed by atoms with van der Waals surface area (Å²) in [5, 5.41) is 3.72. The molecule has 5 heteroatoms. The highest BCUT2D eigenvalue weighted by atomic mass is 35.5. The van der Waals surface area contributed by atoms with Crippen molar-refractivity contribution in [2.75, 3.05) is 0 Å². The highest BCUT2D eigenvalue weighted by Crippen LogP contribution is 2.36. The van der Waals surface area contributed by atoms with Crippen molar-refractivity contribution in [1.29, 1.82) is 0 Å². The quantitative estimate of drug-likeness (QED) is 0.224. The van der Waals surface area contributed by atoms with Gasteiger partial charge in [0.2, 0.25) is 0 Å². The van der Waals surface area contributed by atoms with E-state index >= 15 is 0 Å². The summed E-state index contributed by atoms with van der Waals surface area (Å²) < 4.78 is 8.38. The van der Waals surface area contributed by atoms with Gasteiger partial charge in [-0.05, 0) is 79.6 Å². The SMILES string of the molecule is Cc1ccc(-c2cc(Cl)ccc2OCc2ccccc2)n1-c1ccc(C(=O)NC(C)c2ccccc2)cc1. The zero-order valence-corrected chi connectivity index (χ0v) is 22.2. The predicted octanol–water partition coefficient (Wildman–Crippen LogP) is 8.18. The lowest BCUT2D eigenvalue weighted by Crippen LogP contribution is -2.26. The highest BCUT2D eigenvalue weighted by molar-refractivity contribution is 6.31. The lowest BCUT2D eigenvalue weighted by atomic mass is 10.1. The zero-order valence-electron chi connectivity index (χ0n) is 21.4. The molecule has 0 aliphatic carbocycles. The number of benzene rings is 4. The van der Waals surface area contributed by atoms with Crippen molar-refractivity contribution < 1.29 is 9.53 Å². The summed E-state index contributed by atoms with van der Waals surface area (Å²) in [6.45, 7) is 4.50. The first-order valence-corrected chi connectivity index (χ1v) is 13.0. The maximum atomic E-state index is 12.9. The van der Waals surface area contributed by atoms with E-state index in [4.69, 9.17) is 16.3 Å². The van der Waals surface area contributed by atoms with Gasteiger partial charge >= 0.3 is 0 Å². The fourth-order valence-electron chi connectivity index (χ4n) is 4.52. The third-order valence-electron chi connectivity index (χ3n) is 6.57. The molecule has 38 heavy (non-hydrogen) atoms. The van der Waals surface area contributed by atoms with Crippen LogP contribution in [0, 0.1) is 6.92 Å². The fraction of sp³-hybridized carbons (Fsp3) is 0.121.